The lowest BCUT2D eigenvalue weighted by atomic mass is 10.1. The first-order valence-corrected chi connectivity index (χ1v) is 8.09. The van der Waals surface area contributed by atoms with Crippen LogP contribution in [0.15, 0.2) is 53.1 Å². The molecule has 0 spiro atoms. The zero-order valence-corrected chi connectivity index (χ0v) is 13.5. The van der Waals surface area contributed by atoms with E-state index in [0.717, 1.165) is 16.1 Å². The molecule has 0 aliphatic carbocycles. The number of fused-ring (bicyclic) bond motifs is 1. The van der Waals surface area contributed by atoms with E-state index >= 15 is 0 Å². The second-order valence-electron chi connectivity index (χ2n) is 5.26. The molecule has 0 bridgehead atoms. The zero-order chi connectivity index (χ0) is 16.5. The summed E-state index contributed by atoms with van der Waals surface area (Å²) in [5.74, 6) is -0.228. The van der Waals surface area contributed by atoms with Crippen LogP contribution in [0.1, 0.15) is 16.1 Å². The van der Waals surface area contributed by atoms with Gasteiger partial charge in [0.05, 0.1) is 5.39 Å². The molecule has 0 radical (unpaired) electrons. The normalized spacial score (nSPS) is 10.9. The fourth-order valence-corrected chi connectivity index (χ4v) is 3.11. The van der Waals surface area contributed by atoms with Crippen LogP contribution in [-0.4, -0.2) is 21.3 Å². The number of nitrogens with zero attached hydrogens (tertiary/aromatic N) is 3. The van der Waals surface area contributed by atoms with Crippen LogP contribution in [0.25, 0.3) is 21.5 Å². The number of aromatic nitrogens is 3. The van der Waals surface area contributed by atoms with Gasteiger partial charge in [0.1, 0.15) is 10.5 Å². The fraction of sp³-hybridized carbons (Fsp3) is 0.0588. The quantitative estimate of drug-likeness (QED) is 0.613. The summed E-state index contributed by atoms with van der Waals surface area (Å²) < 4.78 is 5.15. The molecule has 2 heterocycles. The van der Waals surface area contributed by atoms with Crippen LogP contribution in [0, 0.1) is 6.92 Å². The van der Waals surface area contributed by atoms with Gasteiger partial charge < -0.3 is 4.52 Å². The summed E-state index contributed by atoms with van der Waals surface area (Å²) in [4.78, 5) is 12.4. The Balaban J connectivity index is 1.59. The van der Waals surface area contributed by atoms with Gasteiger partial charge >= 0.3 is 0 Å². The van der Waals surface area contributed by atoms with Crippen molar-refractivity contribution in [2.75, 3.05) is 5.32 Å². The Labute approximate surface area is 141 Å². The maximum atomic E-state index is 12.4. The maximum absolute atomic E-state index is 12.4. The third-order valence-electron chi connectivity index (χ3n) is 3.50. The Kier molecular flexibility index (Phi) is 3.55. The van der Waals surface area contributed by atoms with Crippen molar-refractivity contribution in [2.45, 2.75) is 6.92 Å². The number of carbonyl (C=O) groups is 1. The minimum atomic E-state index is -0.393. The number of anilines is 1. The van der Waals surface area contributed by atoms with Crippen molar-refractivity contribution in [2.24, 2.45) is 0 Å². The predicted molar refractivity (Wildman–Crippen MR) is 92.0 cm³/mol. The second kappa shape index (κ2) is 5.86. The molecule has 1 amide bonds. The van der Waals surface area contributed by atoms with Gasteiger partial charge in [-0.1, -0.05) is 52.4 Å². The predicted octanol–water partition coefficient (Wildman–Crippen LogP) is 3.91. The molecule has 6 nitrogen and oxygen atoms in total. The van der Waals surface area contributed by atoms with Gasteiger partial charge in [-0.05, 0) is 25.1 Å². The molecule has 4 aromatic rings. The van der Waals surface area contributed by atoms with Gasteiger partial charge in [-0.2, -0.15) is 0 Å². The fourth-order valence-electron chi connectivity index (χ4n) is 2.38. The first kappa shape index (κ1) is 14.5. The van der Waals surface area contributed by atoms with Crippen molar-refractivity contribution in [1.82, 2.24) is 15.4 Å². The molecule has 1 N–H and O–H groups in total. The summed E-state index contributed by atoms with van der Waals surface area (Å²) in [6.07, 6.45) is 0. The molecule has 0 saturated carbocycles. The smallest absolute Gasteiger partial charge is 0.296 e. The Morgan fingerprint density at radius 1 is 1.12 bits per heavy atom. The lowest BCUT2D eigenvalue weighted by Gasteiger charge is -1.97. The number of nitrogens with one attached hydrogen (secondary N) is 1. The summed E-state index contributed by atoms with van der Waals surface area (Å²) in [5.41, 5.74) is 2.75. The van der Waals surface area contributed by atoms with E-state index in [1.54, 1.807) is 12.1 Å². The topological polar surface area (TPSA) is 80.9 Å². The van der Waals surface area contributed by atoms with Crippen LogP contribution in [0.4, 0.5) is 5.13 Å². The van der Waals surface area contributed by atoms with E-state index in [0.29, 0.717) is 16.0 Å². The van der Waals surface area contributed by atoms with Crippen LogP contribution in [0.3, 0.4) is 0 Å². The van der Waals surface area contributed by atoms with E-state index in [2.05, 4.69) is 20.7 Å². The SMILES string of the molecule is Cc1cccc(-c2nnc(NC(=O)c3onc4ccccc34)s2)c1. The summed E-state index contributed by atoms with van der Waals surface area (Å²) in [7, 11) is 0. The van der Waals surface area contributed by atoms with Crippen molar-refractivity contribution >= 4 is 33.3 Å². The first-order chi connectivity index (χ1) is 11.7. The van der Waals surface area contributed by atoms with Crippen molar-refractivity contribution in [1.29, 1.82) is 0 Å². The number of carbonyl (C=O) groups excluding carboxylic acids is 1. The number of hydrogen-bond acceptors (Lipinski definition) is 6. The number of hydrogen-bond donors (Lipinski definition) is 1. The molecular formula is C17H12N4O2S. The molecule has 0 atom stereocenters. The highest BCUT2D eigenvalue weighted by Gasteiger charge is 2.18. The van der Waals surface area contributed by atoms with Crippen LogP contribution < -0.4 is 5.32 Å². The summed E-state index contributed by atoms with van der Waals surface area (Å²) in [6.45, 7) is 2.02. The van der Waals surface area contributed by atoms with E-state index in [4.69, 9.17) is 4.52 Å². The standard InChI is InChI=1S/C17H12N4O2S/c1-10-5-4-6-11(9-10)16-19-20-17(24-16)18-15(22)14-12-7-2-3-8-13(12)21-23-14/h2-9H,1H3,(H,18,20,22). The summed E-state index contributed by atoms with van der Waals surface area (Å²) in [6, 6.07) is 15.2. The molecule has 0 aliphatic heterocycles. The summed E-state index contributed by atoms with van der Waals surface area (Å²) in [5, 5.41) is 16.6. The third-order valence-corrected chi connectivity index (χ3v) is 4.39. The lowest BCUT2D eigenvalue weighted by molar-refractivity contribution is 0.0990. The van der Waals surface area contributed by atoms with Gasteiger partial charge in [0, 0.05) is 5.56 Å². The number of amides is 1. The monoisotopic (exact) mass is 336 g/mol. The average molecular weight is 336 g/mol. The van der Waals surface area contributed by atoms with Crippen LogP contribution in [0.5, 0.6) is 0 Å². The highest BCUT2D eigenvalue weighted by molar-refractivity contribution is 7.18. The summed E-state index contributed by atoms with van der Waals surface area (Å²) >= 11 is 1.31. The van der Waals surface area contributed by atoms with Gasteiger partial charge in [0.15, 0.2) is 0 Å². The molecule has 7 heteroatoms. The Hall–Kier alpha value is -3.06. The van der Waals surface area contributed by atoms with E-state index in [-0.39, 0.29) is 5.76 Å². The highest BCUT2D eigenvalue weighted by atomic mass is 32.1. The number of benzene rings is 2. The molecule has 118 valence electrons. The molecule has 0 aliphatic rings. The van der Waals surface area contributed by atoms with Gasteiger partial charge in [-0.25, -0.2) is 0 Å². The second-order valence-corrected chi connectivity index (χ2v) is 6.24. The van der Waals surface area contributed by atoms with Gasteiger partial charge in [-0.3, -0.25) is 10.1 Å². The van der Waals surface area contributed by atoms with E-state index < -0.39 is 5.91 Å². The highest BCUT2D eigenvalue weighted by Crippen LogP contribution is 2.27. The largest absolute Gasteiger partial charge is 0.350 e. The van der Waals surface area contributed by atoms with Crippen LogP contribution >= 0.6 is 11.3 Å². The lowest BCUT2D eigenvalue weighted by Crippen LogP contribution is -2.11. The third kappa shape index (κ3) is 2.65. The number of aryl methyl sites for hydroxylation is 1. The van der Waals surface area contributed by atoms with Crippen molar-refractivity contribution in [3.8, 4) is 10.6 Å². The van der Waals surface area contributed by atoms with E-state index in [1.165, 1.54) is 11.3 Å². The van der Waals surface area contributed by atoms with Crippen LogP contribution in [0.2, 0.25) is 0 Å². The minimum absolute atomic E-state index is 0.165. The molecular weight excluding hydrogens is 324 g/mol. The van der Waals surface area contributed by atoms with Crippen molar-refractivity contribution in [3.05, 3.63) is 59.9 Å². The van der Waals surface area contributed by atoms with E-state index in [1.807, 2.05) is 43.3 Å². The molecule has 0 saturated heterocycles. The molecule has 2 aromatic heterocycles. The van der Waals surface area contributed by atoms with Crippen molar-refractivity contribution < 1.29 is 9.32 Å². The molecule has 0 fully saturated rings. The molecule has 4 rings (SSSR count). The zero-order valence-electron chi connectivity index (χ0n) is 12.7. The van der Waals surface area contributed by atoms with Gasteiger partial charge in [0.25, 0.3) is 5.91 Å². The van der Waals surface area contributed by atoms with Crippen LogP contribution in [-0.2, 0) is 0 Å². The Bertz CT molecular complexity index is 1040. The molecule has 0 unspecified atom stereocenters. The Morgan fingerprint density at radius 3 is 2.88 bits per heavy atom. The first-order valence-electron chi connectivity index (χ1n) is 7.27. The molecule has 2 aromatic carbocycles. The van der Waals surface area contributed by atoms with E-state index in [9.17, 15) is 4.79 Å². The number of rotatable bonds is 3. The Morgan fingerprint density at radius 2 is 2.00 bits per heavy atom. The van der Waals surface area contributed by atoms with Gasteiger partial charge in [0.2, 0.25) is 10.9 Å². The minimum Gasteiger partial charge on any atom is -0.350 e. The van der Waals surface area contributed by atoms with Gasteiger partial charge in [-0.15, -0.1) is 10.2 Å². The average Bonchev–Trinajstić information content (AvgIpc) is 3.21. The van der Waals surface area contributed by atoms with Crippen molar-refractivity contribution in [3.63, 3.8) is 0 Å². The molecule has 24 heavy (non-hydrogen) atoms. The maximum Gasteiger partial charge on any atom is 0.296 e.